The van der Waals surface area contributed by atoms with E-state index < -0.39 is 18.0 Å². The van der Waals surface area contributed by atoms with Crippen LogP contribution in [-0.2, 0) is 9.59 Å². The van der Waals surface area contributed by atoms with Gasteiger partial charge in [0.25, 0.3) is 0 Å². The number of amides is 3. The Morgan fingerprint density at radius 3 is 2.16 bits per heavy atom. The Labute approximate surface area is 113 Å². The maximum absolute atomic E-state index is 11.9. The van der Waals surface area contributed by atoms with Gasteiger partial charge in [0, 0.05) is 20.6 Å². The molecule has 0 aromatic carbocycles. The first-order chi connectivity index (χ1) is 8.83. The van der Waals surface area contributed by atoms with Crippen molar-refractivity contribution in [1.29, 1.82) is 0 Å². The van der Waals surface area contributed by atoms with Gasteiger partial charge in [0.15, 0.2) is 0 Å². The first-order valence-corrected chi connectivity index (χ1v) is 6.31. The second-order valence-electron chi connectivity index (χ2n) is 4.46. The van der Waals surface area contributed by atoms with Crippen molar-refractivity contribution in [3.8, 4) is 0 Å². The van der Waals surface area contributed by atoms with Crippen LogP contribution in [-0.4, -0.2) is 66.0 Å². The van der Waals surface area contributed by atoms with E-state index in [4.69, 9.17) is 5.11 Å². The summed E-state index contributed by atoms with van der Waals surface area (Å²) in [5, 5.41) is 11.3. The van der Waals surface area contributed by atoms with Gasteiger partial charge in [-0.15, -0.1) is 0 Å². The van der Waals surface area contributed by atoms with Gasteiger partial charge in [-0.25, -0.2) is 9.59 Å². The lowest BCUT2D eigenvalue weighted by Crippen LogP contribution is -2.50. The Hall–Kier alpha value is -1.79. The van der Waals surface area contributed by atoms with E-state index in [1.165, 1.54) is 9.80 Å². The number of hydrogen-bond acceptors (Lipinski definition) is 3. The standard InChI is InChI=1S/C12H23N3O4/c1-5-7-15(8-10(16)14(3)4)12(19)13-9(6-2)11(17)18/h9H,5-8H2,1-4H3,(H,13,19)(H,17,18). The zero-order valence-corrected chi connectivity index (χ0v) is 12.0. The Kier molecular flexibility index (Phi) is 7.55. The molecular formula is C12H23N3O4. The van der Waals surface area contributed by atoms with E-state index in [1.54, 1.807) is 21.0 Å². The number of hydrogen-bond donors (Lipinski definition) is 2. The number of rotatable bonds is 7. The van der Waals surface area contributed by atoms with Crippen LogP contribution in [0.2, 0.25) is 0 Å². The Morgan fingerprint density at radius 2 is 1.79 bits per heavy atom. The summed E-state index contributed by atoms with van der Waals surface area (Å²) in [4.78, 5) is 37.1. The lowest BCUT2D eigenvalue weighted by atomic mass is 10.2. The number of carbonyl (C=O) groups excluding carboxylic acids is 2. The molecule has 0 radical (unpaired) electrons. The van der Waals surface area contributed by atoms with Crippen molar-refractivity contribution in [1.82, 2.24) is 15.1 Å². The monoisotopic (exact) mass is 273 g/mol. The molecule has 0 aliphatic heterocycles. The fourth-order valence-electron chi connectivity index (χ4n) is 1.41. The fourth-order valence-corrected chi connectivity index (χ4v) is 1.41. The third-order valence-electron chi connectivity index (χ3n) is 2.61. The summed E-state index contributed by atoms with van der Waals surface area (Å²) >= 11 is 0. The van der Waals surface area contributed by atoms with E-state index in [-0.39, 0.29) is 12.5 Å². The molecule has 0 aliphatic rings. The minimum Gasteiger partial charge on any atom is -0.480 e. The number of aliphatic carboxylic acids is 1. The molecule has 0 fully saturated rings. The summed E-state index contributed by atoms with van der Waals surface area (Å²) in [7, 11) is 3.22. The number of urea groups is 1. The predicted octanol–water partition coefficient (Wildman–Crippen LogP) is 0.359. The fraction of sp³-hybridized carbons (Fsp3) is 0.750. The van der Waals surface area contributed by atoms with Gasteiger partial charge in [0.1, 0.15) is 12.6 Å². The topological polar surface area (TPSA) is 90.0 Å². The SMILES string of the molecule is CCCN(CC(=O)N(C)C)C(=O)NC(CC)C(=O)O. The predicted molar refractivity (Wildman–Crippen MR) is 70.8 cm³/mol. The summed E-state index contributed by atoms with van der Waals surface area (Å²) < 4.78 is 0. The third kappa shape index (κ3) is 6.08. The normalized spacial score (nSPS) is 11.6. The summed E-state index contributed by atoms with van der Waals surface area (Å²) in [6, 6.07) is -1.45. The van der Waals surface area contributed by atoms with Crippen molar-refractivity contribution in [2.24, 2.45) is 0 Å². The van der Waals surface area contributed by atoms with Crippen molar-refractivity contribution in [2.75, 3.05) is 27.2 Å². The van der Waals surface area contributed by atoms with Crippen LogP contribution < -0.4 is 5.32 Å². The minimum absolute atomic E-state index is 0.0529. The van der Waals surface area contributed by atoms with Crippen molar-refractivity contribution in [3.05, 3.63) is 0 Å². The number of nitrogens with one attached hydrogen (secondary N) is 1. The summed E-state index contributed by atoms with van der Waals surface area (Å²) in [5.41, 5.74) is 0. The minimum atomic E-state index is -1.08. The molecule has 0 aromatic heterocycles. The summed E-state index contributed by atoms with van der Waals surface area (Å²) in [5.74, 6) is -1.28. The molecule has 0 rings (SSSR count). The molecule has 19 heavy (non-hydrogen) atoms. The van der Waals surface area contributed by atoms with Crippen LogP contribution in [0.4, 0.5) is 4.79 Å². The van der Waals surface area contributed by atoms with Crippen LogP contribution >= 0.6 is 0 Å². The smallest absolute Gasteiger partial charge is 0.326 e. The largest absolute Gasteiger partial charge is 0.480 e. The average Bonchev–Trinajstić information content (AvgIpc) is 2.34. The molecule has 7 nitrogen and oxygen atoms in total. The molecular weight excluding hydrogens is 250 g/mol. The van der Waals surface area contributed by atoms with E-state index in [9.17, 15) is 14.4 Å². The highest BCUT2D eigenvalue weighted by atomic mass is 16.4. The molecule has 0 saturated carbocycles. The van der Waals surface area contributed by atoms with Crippen LogP contribution in [0.25, 0.3) is 0 Å². The molecule has 0 aliphatic carbocycles. The number of nitrogens with zero attached hydrogens (tertiary/aromatic N) is 2. The van der Waals surface area contributed by atoms with Crippen LogP contribution in [0.15, 0.2) is 0 Å². The van der Waals surface area contributed by atoms with Gasteiger partial charge >= 0.3 is 12.0 Å². The van der Waals surface area contributed by atoms with E-state index in [2.05, 4.69) is 5.32 Å². The van der Waals surface area contributed by atoms with Crippen molar-refractivity contribution >= 4 is 17.9 Å². The number of carboxylic acid groups (broad SMARTS) is 1. The Morgan fingerprint density at radius 1 is 1.21 bits per heavy atom. The second kappa shape index (κ2) is 8.34. The van der Waals surface area contributed by atoms with Gasteiger partial charge in [-0.1, -0.05) is 13.8 Å². The first kappa shape index (κ1) is 17.2. The van der Waals surface area contributed by atoms with Gasteiger partial charge < -0.3 is 20.2 Å². The summed E-state index contributed by atoms with van der Waals surface area (Å²) in [6.45, 7) is 3.91. The molecule has 3 amide bonds. The van der Waals surface area contributed by atoms with Crippen molar-refractivity contribution in [2.45, 2.75) is 32.7 Å². The zero-order valence-electron chi connectivity index (χ0n) is 12.0. The molecule has 2 N–H and O–H groups in total. The quantitative estimate of drug-likeness (QED) is 0.700. The Balaban J connectivity index is 4.65. The highest BCUT2D eigenvalue weighted by Crippen LogP contribution is 1.98. The maximum Gasteiger partial charge on any atom is 0.326 e. The van der Waals surface area contributed by atoms with Crippen LogP contribution in [0.1, 0.15) is 26.7 Å². The highest BCUT2D eigenvalue weighted by molar-refractivity contribution is 5.86. The first-order valence-electron chi connectivity index (χ1n) is 6.31. The van der Waals surface area contributed by atoms with Crippen LogP contribution in [0.3, 0.4) is 0 Å². The van der Waals surface area contributed by atoms with Crippen LogP contribution in [0.5, 0.6) is 0 Å². The lowest BCUT2D eigenvalue weighted by Gasteiger charge is -2.25. The lowest BCUT2D eigenvalue weighted by molar-refractivity contribution is -0.139. The van der Waals surface area contributed by atoms with E-state index in [0.29, 0.717) is 19.4 Å². The number of carboxylic acids is 1. The zero-order chi connectivity index (χ0) is 15.0. The highest BCUT2D eigenvalue weighted by Gasteiger charge is 2.23. The second-order valence-corrected chi connectivity index (χ2v) is 4.46. The molecule has 0 heterocycles. The number of likely N-dealkylation sites (N-methyl/N-ethyl adjacent to an activating group) is 1. The van der Waals surface area contributed by atoms with Crippen molar-refractivity contribution < 1.29 is 19.5 Å². The average molecular weight is 273 g/mol. The molecule has 0 spiro atoms. The molecule has 1 atom stereocenters. The Bertz CT molecular complexity index is 331. The third-order valence-corrected chi connectivity index (χ3v) is 2.61. The van der Waals surface area contributed by atoms with Crippen molar-refractivity contribution in [3.63, 3.8) is 0 Å². The van der Waals surface area contributed by atoms with E-state index in [0.717, 1.165) is 0 Å². The molecule has 0 bridgehead atoms. The van der Waals surface area contributed by atoms with Gasteiger partial charge in [0.2, 0.25) is 5.91 Å². The van der Waals surface area contributed by atoms with Crippen LogP contribution in [0, 0.1) is 0 Å². The van der Waals surface area contributed by atoms with Gasteiger partial charge in [0.05, 0.1) is 0 Å². The van der Waals surface area contributed by atoms with E-state index in [1.807, 2.05) is 6.92 Å². The molecule has 7 heteroatoms. The van der Waals surface area contributed by atoms with E-state index >= 15 is 0 Å². The molecule has 0 saturated heterocycles. The van der Waals surface area contributed by atoms with Gasteiger partial charge in [-0.2, -0.15) is 0 Å². The maximum atomic E-state index is 11.9. The summed E-state index contributed by atoms with van der Waals surface area (Å²) in [6.07, 6.45) is 0.987. The molecule has 0 aromatic rings. The number of carbonyl (C=O) groups is 3. The van der Waals surface area contributed by atoms with Gasteiger partial charge in [-0.05, 0) is 12.8 Å². The molecule has 110 valence electrons. The molecule has 1 unspecified atom stereocenters. The van der Waals surface area contributed by atoms with Gasteiger partial charge in [-0.3, -0.25) is 4.79 Å².